The van der Waals surface area contributed by atoms with E-state index in [1.165, 1.54) is 32.1 Å². The van der Waals surface area contributed by atoms with Crippen LogP contribution in [0.15, 0.2) is 6.07 Å². The van der Waals surface area contributed by atoms with Crippen LogP contribution < -0.4 is 16.8 Å². The minimum atomic E-state index is 0.223. The minimum absolute atomic E-state index is 0.223. The van der Waals surface area contributed by atoms with Gasteiger partial charge in [0.2, 0.25) is 5.95 Å². The van der Waals surface area contributed by atoms with E-state index < -0.39 is 0 Å². The maximum absolute atomic E-state index is 5.63. The number of aromatic nitrogens is 2. The van der Waals surface area contributed by atoms with Gasteiger partial charge in [-0.2, -0.15) is 9.97 Å². The summed E-state index contributed by atoms with van der Waals surface area (Å²) in [6, 6.07) is 1.72. The predicted molar refractivity (Wildman–Crippen MR) is 70.5 cm³/mol. The first-order valence-electron chi connectivity index (χ1n) is 6.21. The quantitative estimate of drug-likeness (QED) is 0.745. The molecule has 0 unspecified atom stereocenters. The summed E-state index contributed by atoms with van der Waals surface area (Å²) in [6.07, 6.45) is 6.56. The second-order valence-corrected chi connectivity index (χ2v) is 5.26. The van der Waals surface area contributed by atoms with Crippen molar-refractivity contribution in [3.63, 3.8) is 0 Å². The van der Waals surface area contributed by atoms with E-state index >= 15 is 0 Å². The normalized spacial score (nSPS) is 18.9. The molecule has 5 N–H and O–H groups in total. The molecule has 1 saturated carbocycles. The van der Waals surface area contributed by atoms with Gasteiger partial charge >= 0.3 is 0 Å². The summed E-state index contributed by atoms with van der Waals surface area (Å²) in [5.74, 6) is 1.36. The van der Waals surface area contributed by atoms with Crippen molar-refractivity contribution in [3.8, 4) is 0 Å². The molecule has 0 atom stereocenters. The zero-order chi connectivity index (χ0) is 12.3. The summed E-state index contributed by atoms with van der Waals surface area (Å²) in [6.45, 7) is 3.25. The summed E-state index contributed by atoms with van der Waals surface area (Å²) in [7, 11) is 0. The summed E-state index contributed by atoms with van der Waals surface area (Å²) in [5.41, 5.74) is 11.6. The fourth-order valence-electron chi connectivity index (χ4n) is 2.46. The number of hydrogen-bond donors (Lipinski definition) is 3. The van der Waals surface area contributed by atoms with E-state index in [2.05, 4.69) is 22.2 Å². The average Bonchev–Trinajstić information content (AvgIpc) is 2.26. The van der Waals surface area contributed by atoms with Crippen molar-refractivity contribution in [3.05, 3.63) is 6.07 Å². The molecule has 0 bridgehead atoms. The van der Waals surface area contributed by atoms with Gasteiger partial charge in [-0.25, -0.2) is 0 Å². The molecular formula is C12H21N5. The predicted octanol–water partition coefficient (Wildman–Crippen LogP) is 2.02. The molecule has 94 valence electrons. The number of nitrogens with zero attached hydrogens (tertiary/aromatic N) is 2. The van der Waals surface area contributed by atoms with Gasteiger partial charge in [0.1, 0.15) is 11.6 Å². The van der Waals surface area contributed by atoms with E-state index in [9.17, 15) is 0 Å². The minimum Gasteiger partial charge on any atom is -0.383 e. The Kier molecular flexibility index (Phi) is 3.36. The van der Waals surface area contributed by atoms with E-state index in [1.54, 1.807) is 6.07 Å². The van der Waals surface area contributed by atoms with Crippen molar-refractivity contribution in [2.24, 2.45) is 5.41 Å². The molecule has 1 aromatic rings. The number of rotatable bonds is 3. The molecule has 0 spiro atoms. The molecule has 1 heterocycles. The fraction of sp³-hybridized carbons (Fsp3) is 0.667. The zero-order valence-corrected chi connectivity index (χ0v) is 10.4. The first-order valence-corrected chi connectivity index (χ1v) is 6.21. The van der Waals surface area contributed by atoms with Crippen molar-refractivity contribution in [2.75, 3.05) is 23.3 Å². The molecule has 1 aromatic heterocycles. The molecule has 1 aliphatic carbocycles. The van der Waals surface area contributed by atoms with E-state index in [0.29, 0.717) is 11.2 Å². The van der Waals surface area contributed by atoms with Gasteiger partial charge in [0.15, 0.2) is 0 Å². The number of nitrogens with two attached hydrogens (primary N) is 2. The first-order chi connectivity index (χ1) is 8.07. The zero-order valence-electron chi connectivity index (χ0n) is 10.4. The molecule has 1 aliphatic rings. The smallest absolute Gasteiger partial charge is 0.223 e. The van der Waals surface area contributed by atoms with Crippen LogP contribution >= 0.6 is 0 Å². The van der Waals surface area contributed by atoms with Crippen molar-refractivity contribution in [1.29, 1.82) is 0 Å². The van der Waals surface area contributed by atoms with Crippen LogP contribution in [0.5, 0.6) is 0 Å². The molecule has 1 fully saturated rings. The van der Waals surface area contributed by atoms with Gasteiger partial charge in [0.25, 0.3) is 0 Å². The Morgan fingerprint density at radius 3 is 2.59 bits per heavy atom. The molecule has 0 aromatic carbocycles. The Labute approximate surface area is 102 Å². The number of anilines is 3. The van der Waals surface area contributed by atoms with Gasteiger partial charge in [-0.3, -0.25) is 0 Å². The summed E-state index contributed by atoms with van der Waals surface area (Å²) in [4.78, 5) is 7.98. The van der Waals surface area contributed by atoms with Crippen LogP contribution in [0.4, 0.5) is 17.6 Å². The van der Waals surface area contributed by atoms with Crippen LogP contribution in [0.25, 0.3) is 0 Å². The largest absolute Gasteiger partial charge is 0.383 e. The van der Waals surface area contributed by atoms with E-state index in [1.807, 2.05) is 0 Å². The first kappa shape index (κ1) is 12.0. The maximum atomic E-state index is 5.63. The van der Waals surface area contributed by atoms with Gasteiger partial charge in [-0.15, -0.1) is 0 Å². The molecule has 2 rings (SSSR count). The Morgan fingerprint density at radius 2 is 1.94 bits per heavy atom. The van der Waals surface area contributed by atoms with Gasteiger partial charge in [-0.1, -0.05) is 26.2 Å². The van der Waals surface area contributed by atoms with Crippen molar-refractivity contribution in [2.45, 2.75) is 39.0 Å². The Balaban J connectivity index is 1.96. The molecule has 0 aliphatic heterocycles. The molecular weight excluding hydrogens is 214 g/mol. The highest BCUT2D eigenvalue weighted by molar-refractivity contribution is 5.48. The summed E-state index contributed by atoms with van der Waals surface area (Å²) in [5, 5.41) is 3.33. The molecule has 5 heteroatoms. The monoisotopic (exact) mass is 235 g/mol. The van der Waals surface area contributed by atoms with Crippen molar-refractivity contribution < 1.29 is 0 Å². The summed E-state index contributed by atoms with van der Waals surface area (Å²) < 4.78 is 0. The SMILES string of the molecule is CC1(CNc2cc(N)nc(N)n2)CCCCC1. The van der Waals surface area contributed by atoms with Crippen LogP contribution in [0.2, 0.25) is 0 Å². The highest BCUT2D eigenvalue weighted by atomic mass is 15.1. The van der Waals surface area contributed by atoms with Crippen molar-refractivity contribution in [1.82, 2.24) is 9.97 Å². The summed E-state index contributed by atoms with van der Waals surface area (Å²) >= 11 is 0. The third kappa shape index (κ3) is 3.22. The highest BCUT2D eigenvalue weighted by Crippen LogP contribution is 2.35. The number of nitrogens with one attached hydrogen (secondary N) is 1. The van der Waals surface area contributed by atoms with Crippen LogP contribution in [-0.4, -0.2) is 16.5 Å². The second kappa shape index (κ2) is 4.77. The maximum Gasteiger partial charge on any atom is 0.223 e. The van der Waals surface area contributed by atoms with Gasteiger partial charge in [0, 0.05) is 12.6 Å². The van der Waals surface area contributed by atoms with Crippen LogP contribution in [0.1, 0.15) is 39.0 Å². The van der Waals surface area contributed by atoms with E-state index in [4.69, 9.17) is 11.5 Å². The molecule has 5 nitrogen and oxygen atoms in total. The van der Waals surface area contributed by atoms with Gasteiger partial charge in [-0.05, 0) is 18.3 Å². The lowest BCUT2D eigenvalue weighted by atomic mass is 9.76. The average molecular weight is 235 g/mol. The standard InChI is InChI=1S/C12H21N5/c1-12(5-3-2-4-6-12)8-15-10-7-9(13)16-11(14)17-10/h7H,2-6,8H2,1H3,(H5,13,14,15,16,17). The lowest BCUT2D eigenvalue weighted by Crippen LogP contribution is -2.29. The topological polar surface area (TPSA) is 89.8 Å². The van der Waals surface area contributed by atoms with E-state index in [-0.39, 0.29) is 5.95 Å². The fourth-order valence-corrected chi connectivity index (χ4v) is 2.46. The van der Waals surface area contributed by atoms with Crippen LogP contribution in [0, 0.1) is 5.41 Å². The van der Waals surface area contributed by atoms with Gasteiger partial charge < -0.3 is 16.8 Å². The molecule has 0 radical (unpaired) electrons. The third-order valence-corrected chi connectivity index (χ3v) is 3.52. The molecule has 0 saturated heterocycles. The third-order valence-electron chi connectivity index (χ3n) is 3.52. The highest BCUT2D eigenvalue weighted by Gasteiger charge is 2.26. The second-order valence-electron chi connectivity index (χ2n) is 5.26. The van der Waals surface area contributed by atoms with Crippen LogP contribution in [0.3, 0.4) is 0 Å². The Hall–Kier alpha value is -1.52. The molecule has 17 heavy (non-hydrogen) atoms. The van der Waals surface area contributed by atoms with Gasteiger partial charge in [0.05, 0.1) is 0 Å². The lowest BCUT2D eigenvalue weighted by molar-refractivity contribution is 0.233. The molecule has 0 amide bonds. The van der Waals surface area contributed by atoms with Crippen LogP contribution in [-0.2, 0) is 0 Å². The van der Waals surface area contributed by atoms with Crippen molar-refractivity contribution >= 4 is 17.6 Å². The Morgan fingerprint density at radius 1 is 1.24 bits per heavy atom. The lowest BCUT2D eigenvalue weighted by Gasteiger charge is -2.33. The number of hydrogen-bond acceptors (Lipinski definition) is 5. The van der Waals surface area contributed by atoms with E-state index in [0.717, 1.165) is 12.4 Å². The number of nitrogen functional groups attached to an aromatic ring is 2. The Bertz CT molecular complexity index is 364.